The van der Waals surface area contributed by atoms with Crippen LogP contribution in [0.5, 0.6) is 5.75 Å². The first-order chi connectivity index (χ1) is 14.5. The molecular formula is C24H31FN2O4. The summed E-state index contributed by atoms with van der Waals surface area (Å²) < 4.78 is 24.8. The number of carbonyl (C=O) groups is 2. The minimum atomic E-state index is -0.818. The van der Waals surface area contributed by atoms with Crippen LogP contribution in [0.4, 0.5) is 14.9 Å². The normalized spacial score (nSPS) is 12.2. The molecule has 0 aromatic heterocycles. The van der Waals surface area contributed by atoms with Gasteiger partial charge >= 0.3 is 6.09 Å². The van der Waals surface area contributed by atoms with Gasteiger partial charge in [-0.1, -0.05) is 44.2 Å². The molecule has 2 aromatic rings. The highest BCUT2D eigenvalue weighted by Gasteiger charge is 2.26. The number of rotatable bonds is 8. The first-order valence-electron chi connectivity index (χ1n) is 10.3. The fraction of sp³-hybridized carbons (Fsp3) is 0.417. The highest BCUT2D eigenvalue weighted by atomic mass is 19.1. The monoisotopic (exact) mass is 430 g/mol. The van der Waals surface area contributed by atoms with Gasteiger partial charge in [-0.15, -0.1) is 0 Å². The quantitative estimate of drug-likeness (QED) is 0.597. The molecule has 31 heavy (non-hydrogen) atoms. The lowest BCUT2D eigenvalue weighted by Gasteiger charge is -2.24. The van der Waals surface area contributed by atoms with E-state index in [1.165, 1.54) is 18.2 Å². The third-order valence-corrected chi connectivity index (χ3v) is 4.15. The maximum absolute atomic E-state index is 13.8. The molecular weight excluding hydrogens is 399 g/mol. The van der Waals surface area contributed by atoms with Gasteiger partial charge in [0.25, 0.3) is 0 Å². The predicted octanol–water partition coefficient (Wildman–Crippen LogP) is 5.28. The standard InChI is InChI=1S/C24H31FN2O4/c1-16(2)13-20(27-23(29)31-24(3,4)5)22(28)26-19-12-11-18(25)14-21(19)30-15-17-9-7-6-8-10-17/h6-12,14,16,20H,13,15H2,1-5H3,(H,26,28)(H,27,29)/t20-/m0/s1. The summed E-state index contributed by atoms with van der Waals surface area (Å²) in [6.45, 7) is 9.36. The predicted molar refractivity (Wildman–Crippen MR) is 118 cm³/mol. The molecule has 0 saturated heterocycles. The van der Waals surface area contributed by atoms with Crippen molar-refractivity contribution in [2.75, 3.05) is 5.32 Å². The molecule has 0 aliphatic heterocycles. The summed E-state index contributed by atoms with van der Waals surface area (Å²) in [4.78, 5) is 25.1. The Balaban J connectivity index is 2.13. The largest absolute Gasteiger partial charge is 0.487 e. The van der Waals surface area contributed by atoms with Gasteiger partial charge in [0, 0.05) is 6.07 Å². The molecule has 2 rings (SSSR count). The van der Waals surface area contributed by atoms with Gasteiger partial charge < -0.3 is 20.1 Å². The second-order valence-electron chi connectivity index (χ2n) is 8.73. The summed E-state index contributed by atoms with van der Waals surface area (Å²) in [6, 6.07) is 12.5. The first-order valence-corrected chi connectivity index (χ1v) is 10.3. The maximum Gasteiger partial charge on any atom is 0.408 e. The summed E-state index contributed by atoms with van der Waals surface area (Å²) in [7, 11) is 0. The number of nitrogens with one attached hydrogen (secondary N) is 2. The van der Waals surface area contributed by atoms with E-state index in [4.69, 9.17) is 9.47 Å². The Bertz CT molecular complexity index is 879. The van der Waals surface area contributed by atoms with Crippen molar-refractivity contribution < 1.29 is 23.5 Å². The van der Waals surface area contributed by atoms with Gasteiger partial charge in [0.15, 0.2) is 0 Å². The third-order valence-electron chi connectivity index (χ3n) is 4.15. The summed E-state index contributed by atoms with van der Waals surface area (Å²) in [5.74, 6) is -0.562. The molecule has 0 radical (unpaired) electrons. The lowest BCUT2D eigenvalue weighted by molar-refractivity contribution is -0.118. The summed E-state index contributed by atoms with van der Waals surface area (Å²) in [6.07, 6.45) is -0.264. The Morgan fingerprint density at radius 1 is 1.06 bits per heavy atom. The van der Waals surface area contributed by atoms with Crippen LogP contribution >= 0.6 is 0 Å². The van der Waals surface area contributed by atoms with E-state index in [2.05, 4.69) is 10.6 Å². The van der Waals surface area contributed by atoms with E-state index < -0.39 is 29.5 Å². The molecule has 0 unspecified atom stereocenters. The average molecular weight is 431 g/mol. The van der Waals surface area contributed by atoms with Crippen LogP contribution in [0.25, 0.3) is 0 Å². The van der Waals surface area contributed by atoms with Crippen LogP contribution in [0, 0.1) is 11.7 Å². The molecule has 168 valence electrons. The molecule has 2 aromatic carbocycles. The van der Waals surface area contributed by atoms with Crippen molar-refractivity contribution in [1.29, 1.82) is 0 Å². The molecule has 0 aliphatic rings. The Hall–Kier alpha value is -3.09. The Morgan fingerprint density at radius 2 is 1.74 bits per heavy atom. The second kappa shape index (κ2) is 10.8. The molecule has 0 aliphatic carbocycles. The molecule has 0 saturated carbocycles. The number of hydrogen-bond donors (Lipinski definition) is 2. The van der Waals surface area contributed by atoms with Crippen LogP contribution in [0.2, 0.25) is 0 Å². The highest BCUT2D eigenvalue weighted by molar-refractivity contribution is 5.97. The minimum Gasteiger partial charge on any atom is -0.487 e. The Morgan fingerprint density at radius 3 is 2.35 bits per heavy atom. The van der Waals surface area contributed by atoms with Crippen LogP contribution in [-0.2, 0) is 16.1 Å². The van der Waals surface area contributed by atoms with E-state index in [0.29, 0.717) is 12.1 Å². The SMILES string of the molecule is CC(C)C[C@H](NC(=O)OC(C)(C)C)C(=O)Nc1ccc(F)cc1OCc1ccccc1. The van der Waals surface area contributed by atoms with Gasteiger partial charge in [0.05, 0.1) is 5.69 Å². The lowest BCUT2D eigenvalue weighted by atomic mass is 10.0. The number of hydrogen-bond acceptors (Lipinski definition) is 4. The van der Waals surface area contributed by atoms with Crippen molar-refractivity contribution in [3.63, 3.8) is 0 Å². The van der Waals surface area contributed by atoms with Crippen LogP contribution in [0.15, 0.2) is 48.5 Å². The molecule has 0 bridgehead atoms. The molecule has 7 heteroatoms. The fourth-order valence-corrected chi connectivity index (χ4v) is 2.83. The number of amides is 2. The van der Waals surface area contributed by atoms with E-state index in [9.17, 15) is 14.0 Å². The van der Waals surface area contributed by atoms with Gasteiger partial charge in [-0.3, -0.25) is 4.79 Å². The zero-order valence-corrected chi connectivity index (χ0v) is 18.7. The van der Waals surface area contributed by atoms with Gasteiger partial charge in [-0.05, 0) is 50.8 Å². The van der Waals surface area contributed by atoms with Gasteiger partial charge in [0.2, 0.25) is 5.91 Å². The lowest BCUT2D eigenvalue weighted by Crippen LogP contribution is -2.46. The topological polar surface area (TPSA) is 76.7 Å². The Kier molecular flexibility index (Phi) is 8.42. The number of ether oxygens (including phenoxy) is 2. The van der Waals surface area contributed by atoms with Crippen molar-refractivity contribution in [3.05, 3.63) is 59.9 Å². The van der Waals surface area contributed by atoms with Gasteiger partial charge in [0.1, 0.15) is 29.8 Å². The van der Waals surface area contributed by atoms with Crippen LogP contribution in [0.3, 0.4) is 0 Å². The summed E-state index contributed by atoms with van der Waals surface area (Å²) in [5, 5.41) is 5.37. The minimum absolute atomic E-state index is 0.146. The molecule has 6 nitrogen and oxygen atoms in total. The zero-order valence-electron chi connectivity index (χ0n) is 18.7. The maximum atomic E-state index is 13.8. The highest BCUT2D eigenvalue weighted by Crippen LogP contribution is 2.27. The number of alkyl carbamates (subject to hydrolysis) is 1. The van der Waals surface area contributed by atoms with E-state index >= 15 is 0 Å². The van der Waals surface area contributed by atoms with Gasteiger partial charge in [-0.2, -0.15) is 0 Å². The van der Waals surface area contributed by atoms with E-state index in [1.807, 2.05) is 44.2 Å². The fourth-order valence-electron chi connectivity index (χ4n) is 2.83. The number of anilines is 1. The first kappa shape index (κ1) is 24.2. The summed E-state index contributed by atoms with van der Waals surface area (Å²) in [5.41, 5.74) is 0.550. The molecule has 0 fully saturated rings. The molecule has 0 spiro atoms. The van der Waals surface area contributed by atoms with Crippen molar-refractivity contribution in [1.82, 2.24) is 5.32 Å². The van der Waals surface area contributed by atoms with E-state index in [0.717, 1.165) is 5.56 Å². The zero-order chi connectivity index (χ0) is 23.0. The molecule has 1 atom stereocenters. The van der Waals surface area contributed by atoms with Crippen molar-refractivity contribution in [2.45, 2.75) is 59.3 Å². The van der Waals surface area contributed by atoms with E-state index in [1.54, 1.807) is 20.8 Å². The number of carbonyl (C=O) groups excluding carboxylic acids is 2. The third kappa shape index (κ3) is 8.66. The molecule has 0 heterocycles. The summed E-state index contributed by atoms with van der Waals surface area (Å²) >= 11 is 0. The van der Waals surface area contributed by atoms with Crippen LogP contribution < -0.4 is 15.4 Å². The van der Waals surface area contributed by atoms with Gasteiger partial charge in [-0.25, -0.2) is 9.18 Å². The second-order valence-corrected chi connectivity index (χ2v) is 8.73. The Labute approximate surface area is 183 Å². The smallest absolute Gasteiger partial charge is 0.408 e. The average Bonchev–Trinajstić information content (AvgIpc) is 2.66. The van der Waals surface area contributed by atoms with Crippen molar-refractivity contribution >= 4 is 17.7 Å². The van der Waals surface area contributed by atoms with Crippen molar-refractivity contribution in [3.8, 4) is 5.75 Å². The van der Waals surface area contributed by atoms with Crippen LogP contribution in [-0.4, -0.2) is 23.6 Å². The number of halogens is 1. The van der Waals surface area contributed by atoms with E-state index in [-0.39, 0.29) is 18.3 Å². The van der Waals surface area contributed by atoms with Crippen molar-refractivity contribution in [2.24, 2.45) is 5.92 Å². The van der Waals surface area contributed by atoms with Crippen LogP contribution in [0.1, 0.15) is 46.6 Å². The molecule has 2 N–H and O–H groups in total. The number of benzene rings is 2. The molecule has 2 amide bonds.